The van der Waals surface area contributed by atoms with E-state index in [1.807, 2.05) is 30.3 Å². The maximum absolute atomic E-state index is 13.5. The molecule has 1 aromatic rings. The van der Waals surface area contributed by atoms with Crippen LogP contribution in [-0.4, -0.2) is 48.1 Å². The fraction of sp³-hybridized carbons (Fsp3) is 0.758. The molecule has 1 heterocycles. The molecule has 5 aliphatic rings. The summed E-state index contributed by atoms with van der Waals surface area (Å²) in [5, 5.41) is 10.7. The van der Waals surface area contributed by atoms with Crippen molar-refractivity contribution in [3.63, 3.8) is 0 Å². The van der Waals surface area contributed by atoms with Crippen LogP contribution < -0.4 is 0 Å². The molecule has 0 bridgehead atoms. The predicted octanol–water partition coefficient (Wildman–Crippen LogP) is 5.95. The summed E-state index contributed by atoms with van der Waals surface area (Å²) in [6.45, 7) is 7.19. The summed E-state index contributed by atoms with van der Waals surface area (Å²) >= 11 is 0. The molecule has 0 spiro atoms. The van der Waals surface area contributed by atoms with Crippen molar-refractivity contribution in [1.82, 2.24) is 0 Å². The van der Waals surface area contributed by atoms with Gasteiger partial charge in [-0.3, -0.25) is 4.79 Å². The summed E-state index contributed by atoms with van der Waals surface area (Å²) in [6.07, 6.45) is 8.17. The van der Waals surface area contributed by atoms with E-state index in [0.717, 1.165) is 70.8 Å². The number of Topliss-reactive ketones (excluding diaryl/α,β-unsaturated/α-hetero) is 1. The number of esters is 1. The van der Waals surface area contributed by atoms with Gasteiger partial charge in [0.1, 0.15) is 11.9 Å². The molecule has 4 aliphatic carbocycles. The van der Waals surface area contributed by atoms with Crippen LogP contribution >= 0.6 is 0 Å². The molecule has 39 heavy (non-hydrogen) atoms. The highest BCUT2D eigenvalue weighted by Crippen LogP contribution is 2.68. The summed E-state index contributed by atoms with van der Waals surface area (Å²) in [4.78, 5) is 26.4. The lowest BCUT2D eigenvalue weighted by Crippen LogP contribution is -2.64. The van der Waals surface area contributed by atoms with E-state index in [0.29, 0.717) is 11.5 Å². The van der Waals surface area contributed by atoms with Crippen LogP contribution in [0.15, 0.2) is 30.3 Å². The maximum atomic E-state index is 13.5. The number of carbonyl (C=O) groups excluding carboxylic acids is 2. The second-order valence-electron chi connectivity index (χ2n) is 13.8. The molecule has 5 fully saturated rings. The zero-order chi connectivity index (χ0) is 27.4. The number of hydrogen-bond acceptors (Lipinski definition) is 6. The molecule has 4 saturated carbocycles. The van der Waals surface area contributed by atoms with Crippen molar-refractivity contribution >= 4 is 11.8 Å². The normalized spacial score (nSPS) is 45.5. The van der Waals surface area contributed by atoms with E-state index in [4.69, 9.17) is 14.2 Å². The highest BCUT2D eigenvalue weighted by molar-refractivity contribution is 5.89. The summed E-state index contributed by atoms with van der Waals surface area (Å²) in [5.41, 5.74) is 0.358. The van der Waals surface area contributed by atoms with Crippen LogP contribution in [0.1, 0.15) is 95.3 Å². The topological polar surface area (TPSA) is 82.1 Å². The van der Waals surface area contributed by atoms with E-state index in [2.05, 4.69) is 13.8 Å². The number of hydrogen-bond donors (Lipinski definition) is 1. The van der Waals surface area contributed by atoms with E-state index >= 15 is 0 Å². The van der Waals surface area contributed by atoms with Crippen LogP contribution in [0.2, 0.25) is 0 Å². The largest absolute Gasteiger partial charge is 0.458 e. The molecule has 11 atom stereocenters. The smallest absolute Gasteiger partial charge is 0.338 e. The van der Waals surface area contributed by atoms with Crippen LogP contribution in [0.25, 0.3) is 0 Å². The molecule has 6 heteroatoms. The third kappa shape index (κ3) is 4.78. The Morgan fingerprint density at radius 1 is 0.974 bits per heavy atom. The molecule has 214 valence electrons. The highest BCUT2D eigenvalue weighted by Gasteiger charge is 2.67. The first-order chi connectivity index (χ1) is 18.7. The summed E-state index contributed by atoms with van der Waals surface area (Å²) < 4.78 is 19.5. The second kappa shape index (κ2) is 10.6. The number of fused-ring (bicyclic) bond motifs is 5. The fourth-order valence-corrected chi connectivity index (χ4v) is 9.96. The Labute approximate surface area is 233 Å². The molecule has 0 amide bonds. The van der Waals surface area contributed by atoms with E-state index in [-0.39, 0.29) is 70.9 Å². The lowest BCUT2D eigenvalue weighted by molar-refractivity contribution is -0.268. The molecule has 0 aromatic heterocycles. The van der Waals surface area contributed by atoms with Crippen LogP contribution in [0.5, 0.6) is 0 Å². The zero-order valence-corrected chi connectivity index (χ0v) is 23.8. The zero-order valence-electron chi connectivity index (χ0n) is 23.8. The van der Waals surface area contributed by atoms with E-state index in [9.17, 15) is 14.7 Å². The van der Waals surface area contributed by atoms with Crippen molar-refractivity contribution < 1.29 is 28.9 Å². The van der Waals surface area contributed by atoms with Crippen LogP contribution in [0, 0.1) is 40.4 Å². The quantitative estimate of drug-likeness (QED) is 0.467. The number of ether oxygens (including phenoxy) is 3. The Morgan fingerprint density at radius 3 is 2.49 bits per heavy atom. The maximum Gasteiger partial charge on any atom is 0.338 e. The molecule has 6 rings (SSSR count). The van der Waals surface area contributed by atoms with Crippen molar-refractivity contribution in [3.8, 4) is 0 Å². The third-order valence-corrected chi connectivity index (χ3v) is 11.8. The van der Waals surface area contributed by atoms with Crippen molar-refractivity contribution in [2.75, 3.05) is 6.61 Å². The average Bonchev–Trinajstić information content (AvgIpc) is 3.27. The number of aliphatic hydroxyl groups is 1. The Balaban J connectivity index is 1.41. The number of ketones is 1. The van der Waals surface area contributed by atoms with Gasteiger partial charge in [-0.1, -0.05) is 32.0 Å². The van der Waals surface area contributed by atoms with Gasteiger partial charge in [-0.15, -0.1) is 0 Å². The van der Waals surface area contributed by atoms with Gasteiger partial charge < -0.3 is 19.3 Å². The van der Waals surface area contributed by atoms with Gasteiger partial charge in [0, 0.05) is 18.4 Å². The van der Waals surface area contributed by atoms with Crippen LogP contribution in [0.3, 0.4) is 0 Å². The Hall–Kier alpha value is -1.76. The number of aliphatic hydroxyl groups excluding tert-OH is 1. The minimum atomic E-state index is -0.312. The summed E-state index contributed by atoms with van der Waals surface area (Å²) in [7, 11) is 0. The molecule has 0 radical (unpaired) electrons. The van der Waals surface area contributed by atoms with Gasteiger partial charge in [-0.05, 0) is 112 Å². The van der Waals surface area contributed by atoms with E-state index in [1.54, 1.807) is 6.92 Å². The molecule has 11 unspecified atom stereocenters. The Bertz CT molecular complexity index is 1050. The van der Waals surface area contributed by atoms with Crippen molar-refractivity contribution in [1.29, 1.82) is 0 Å². The number of carbonyl (C=O) groups is 2. The minimum absolute atomic E-state index is 0.00556. The first kappa shape index (κ1) is 27.4. The van der Waals surface area contributed by atoms with Gasteiger partial charge in [0.05, 0.1) is 17.8 Å². The molecule has 6 nitrogen and oxygen atoms in total. The van der Waals surface area contributed by atoms with Crippen LogP contribution in [-0.2, 0) is 19.0 Å². The fourth-order valence-electron chi connectivity index (χ4n) is 9.96. The lowest BCUT2D eigenvalue weighted by atomic mass is 9.43. The van der Waals surface area contributed by atoms with Crippen molar-refractivity contribution in [2.45, 2.75) is 110 Å². The standard InChI is InChI=1S/C33H46O6/c1-20(34)24-12-13-25-29-26(39-31(36)21-9-5-4-6-10-21)18-22-17-23(35)14-15-32(22,2)30(29)27(19-33(24,25)3)38-28-11-7-8-16-37-28/h4-6,9-10,22-30,35H,7-8,11-19H2,1-3H3. The van der Waals surface area contributed by atoms with Crippen molar-refractivity contribution in [2.24, 2.45) is 40.4 Å². The molecular weight excluding hydrogens is 492 g/mol. The lowest BCUT2D eigenvalue weighted by Gasteiger charge is -2.64. The Morgan fingerprint density at radius 2 is 1.77 bits per heavy atom. The molecular formula is C33H46O6. The number of benzene rings is 1. The SMILES string of the molecule is CC(=O)C1CCC2C3C(OC(=O)c4ccccc4)CC4CC(O)CCC4(C)C3C(OC3CCCCO3)CC12C. The predicted molar refractivity (Wildman–Crippen MR) is 147 cm³/mol. The molecule has 1 aliphatic heterocycles. The highest BCUT2D eigenvalue weighted by atomic mass is 16.7. The Kier molecular flexibility index (Phi) is 7.43. The van der Waals surface area contributed by atoms with E-state index in [1.165, 1.54) is 0 Å². The summed E-state index contributed by atoms with van der Waals surface area (Å²) in [6, 6.07) is 9.28. The first-order valence-corrected chi connectivity index (χ1v) is 15.4. The monoisotopic (exact) mass is 538 g/mol. The minimum Gasteiger partial charge on any atom is -0.458 e. The van der Waals surface area contributed by atoms with Gasteiger partial charge >= 0.3 is 5.97 Å². The summed E-state index contributed by atoms with van der Waals surface area (Å²) in [5.74, 6) is 0.847. The molecule has 1 aromatic carbocycles. The average molecular weight is 539 g/mol. The molecule has 1 saturated heterocycles. The molecule has 1 N–H and O–H groups in total. The van der Waals surface area contributed by atoms with Crippen LogP contribution in [0.4, 0.5) is 0 Å². The van der Waals surface area contributed by atoms with Gasteiger partial charge in [0.15, 0.2) is 6.29 Å². The van der Waals surface area contributed by atoms with Gasteiger partial charge in [0.25, 0.3) is 0 Å². The van der Waals surface area contributed by atoms with Gasteiger partial charge in [0.2, 0.25) is 0 Å². The van der Waals surface area contributed by atoms with E-state index < -0.39 is 0 Å². The van der Waals surface area contributed by atoms with Gasteiger partial charge in [-0.2, -0.15) is 0 Å². The van der Waals surface area contributed by atoms with Crippen molar-refractivity contribution in [3.05, 3.63) is 35.9 Å². The first-order valence-electron chi connectivity index (χ1n) is 15.4. The third-order valence-electron chi connectivity index (χ3n) is 11.8. The second-order valence-corrected chi connectivity index (χ2v) is 13.8. The number of rotatable bonds is 5. The van der Waals surface area contributed by atoms with Gasteiger partial charge in [-0.25, -0.2) is 4.79 Å².